The van der Waals surface area contributed by atoms with Gasteiger partial charge in [0.2, 0.25) is 0 Å². The number of benzene rings is 1. The van der Waals surface area contributed by atoms with Gasteiger partial charge in [0, 0.05) is 0 Å². The van der Waals surface area contributed by atoms with E-state index in [2.05, 4.69) is 21.6 Å². The number of H-pyrrole nitrogens is 1. The minimum absolute atomic E-state index is 0.268. The molecule has 0 aliphatic heterocycles. The van der Waals surface area contributed by atoms with Crippen molar-refractivity contribution in [3.05, 3.63) is 39.9 Å². The third-order valence-corrected chi connectivity index (χ3v) is 2.47. The van der Waals surface area contributed by atoms with Gasteiger partial charge in [-0.05, 0) is 12.2 Å². The highest BCUT2D eigenvalue weighted by molar-refractivity contribution is 7.71. The van der Waals surface area contributed by atoms with Gasteiger partial charge in [-0.1, -0.05) is 0 Å². The van der Waals surface area contributed by atoms with Gasteiger partial charge in [-0.15, -0.1) is 0 Å². The molecule has 0 spiro atoms. The third-order valence-electron chi connectivity index (χ3n) is 2.27. The van der Waals surface area contributed by atoms with Gasteiger partial charge < -0.3 is 14.5 Å². The molecule has 0 fully saturated rings. The number of carbonyl (C=O) groups is 1. The summed E-state index contributed by atoms with van der Waals surface area (Å²) in [6, 6.07) is 0. The molecule has 1 aromatic carbocycles. The lowest BCUT2D eigenvalue weighted by atomic mass is 10.0. The maximum atomic E-state index is 13.6. The van der Waals surface area contributed by atoms with Crippen molar-refractivity contribution in [3.63, 3.8) is 0 Å². The lowest BCUT2D eigenvalue weighted by Crippen LogP contribution is -2.11. The molecule has 1 aromatic heterocycles. The Morgan fingerprint density at radius 2 is 1.74 bits per heavy atom. The minimum atomic E-state index is -2.21. The first kappa shape index (κ1) is 13.3. The van der Waals surface area contributed by atoms with Gasteiger partial charge in [0.1, 0.15) is 11.8 Å². The predicted molar refractivity (Wildman–Crippen MR) is 56.1 cm³/mol. The molecule has 0 aliphatic rings. The zero-order valence-electron chi connectivity index (χ0n) is 8.76. The molecule has 0 saturated carbocycles. The quantitative estimate of drug-likeness (QED) is 0.386. The molecule has 9 heteroatoms. The SMILES string of the molecule is O=C(O)c1c(F)c(F)c(F)c(F)c1-c1coc(=S)[nH]1. The maximum Gasteiger partial charge on any atom is 0.339 e. The average molecular weight is 293 g/mol. The van der Waals surface area contributed by atoms with Crippen LogP contribution in [-0.4, -0.2) is 16.1 Å². The first-order valence-corrected chi connectivity index (χ1v) is 5.02. The van der Waals surface area contributed by atoms with Crippen molar-refractivity contribution in [2.24, 2.45) is 0 Å². The van der Waals surface area contributed by atoms with Crippen LogP contribution >= 0.6 is 12.2 Å². The molecule has 0 bridgehead atoms. The molecule has 2 rings (SSSR count). The molecule has 0 amide bonds. The molecular weight excluding hydrogens is 290 g/mol. The summed E-state index contributed by atoms with van der Waals surface area (Å²) in [7, 11) is 0. The molecule has 0 aliphatic carbocycles. The molecule has 100 valence electrons. The Hall–Kier alpha value is -2.16. The number of aromatic carboxylic acids is 1. The fraction of sp³-hybridized carbons (Fsp3) is 0. The zero-order chi connectivity index (χ0) is 14.3. The fourth-order valence-corrected chi connectivity index (χ4v) is 1.65. The first-order valence-electron chi connectivity index (χ1n) is 4.62. The number of hydrogen-bond acceptors (Lipinski definition) is 3. The van der Waals surface area contributed by atoms with Gasteiger partial charge in [-0.25, -0.2) is 22.4 Å². The molecule has 2 N–H and O–H groups in total. The summed E-state index contributed by atoms with van der Waals surface area (Å²) < 4.78 is 57.8. The van der Waals surface area contributed by atoms with Crippen LogP contribution in [0, 0.1) is 28.1 Å². The van der Waals surface area contributed by atoms with E-state index in [0.29, 0.717) is 0 Å². The number of aromatic amines is 1. The predicted octanol–water partition coefficient (Wildman–Crippen LogP) is 3.26. The highest BCUT2D eigenvalue weighted by Crippen LogP contribution is 2.31. The number of rotatable bonds is 2. The van der Waals surface area contributed by atoms with Gasteiger partial charge in [0.25, 0.3) is 4.84 Å². The Morgan fingerprint density at radius 1 is 1.16 bits per heavy atom. The Morgan fingerprint density at radius 3 is 2.21 bits per heavy atom. The summed E-state index contributed by atoms with van der Waals surface area (Å²) in [5.41, 5.74) is -2.79. The molecule has 0 atom stereocenters. The molecule has 1 heterocycles. The van der Waals surface area contributed by atoms with Crippen LogP contribution in [0.15, 0.2) is 10.7 Å². The van der Waals surface area contributed by atoms with E-state index < -0.39 is 46.1 Å². The first-order chi connectivity index (χ1) is 8.84. The number of carboxylic acid groups (broad SMARTS) is 1. The highest BCUT2D eigenvalue weighted by Gasteiger charge is 2.30. The van der Waals surface area contributed by atoms with Crippen LogP contribution in [0.25, 0.3) is 11.3 Å². The van der Waals surface area contributed by atoms with Crippen LogP contribution in [0.4, 0.5) is 17.6 Å². The van der Waals surface area contributed by atoms with Gasteiger partial charge in [0.05, 0.1) is 11.3 Å². The molecule has 19 heavy (non-hydrogen) atoms. The normalized spacial score (nSPS) is 10.7. The zero-order valence-corrected chi connectivity index (χ0v) is 9.58. The summed E-state index contributed by atoms with van der Waals surface area (Å²) in [5, 5.41) is 8.79. The number of halogens is 4. The molecule has 0 unspecified atom stereocenters. The van der Waals surface area contributed by atoms with Crippen molar-refractivity contribution in [3.8, 4) is 11.3 Å². The molecule has 2 aromatic rings. The average Bonchev–Trinajstić information content (AvgIpc) is 2.76. The number of aromatic nitrogens is 1. The van der Waals surface area contributed by atoms with E-state index in [0.717, 1.165) is 6.26 Å². The Labute approximate surface area is 107 Å². The Kier molecular flexibility index (Phi) is 3.14. The maximum absolute atomic E-state index is 13.6. The second-order valence-electron chi connectivity index (χ2n) is 3.37. The second-order valence-corrected chi connectivity index (χ2v) is 3.74. The summed E-state index contributed by atoms with van der Waals surface area (Å²) >= 11 is 4.52. The van der Waals surface area contributed by atoms with Gasteiger partial charge in [-0.3, -0.25) is 0 Å². The van der Waals surface area contributed by atoms with Crippen LogP contribution < -0.4 is 0 Å². The van der Waals surface area contributed by atoms with E-state index in [1.165, 1.54) is 0 Å². The highest BCUT2D eigenvalue weighted by atomic mass is 32.1. The molecule has 0 radical (unpaired) electrons. The van der Waals surface area contributed by atoms with E-state index in [4.69, 9.17) is 5.11 Å². The minimum Gasteiger partial charge on any atom is -0.478 e. The van der Waals surface area contributed by atoms with Gasteiger partial charge in [-0.2, -0.15) is 0 Å². The standard InChI is InChI=1S/C10H3F4NO3S/c11-5-3(2-1-18-10(19)15-2)4(9(16)17)6(12)8(14)7(5)13/h1H,(H,15,19)(H,16,17). The van der Waals surface area contributed by atoms with Crippen LogP contribution in [0.2, 0.25) is 0 Å². The largest absolute Gasteiger partial charge is 0.478 e. The monoisotopic (exact) mass is 293 g/mol. The van der Waals surface area contributed by atoms with E-state index in [-0.39, 0.29) is 4.84 Å². The number of carboxylic acids is 1. The summed E-state index contributed by atoms with van der Waals surface area (Å²) in [5.74, 6) is -10.2. The number of hydrogen-bond donors (Lipinski definition) is 2. The van der Waals surface area contributed by atoms with Gasteiger partial charge >= 0.3 is 5.97 Å². The Bertz CT molecular complexity index is 737. The van der Waals surface area contributed by atoms with E-state index in [9.17, 15) is 22.4 Å². The molecular formula is C10H3F4NO3S. The number of nitrogens with one attached hydrogen (secondary N) is 1. The van der Waals surface area contributed by atoms with Crippen molar-refractivity contribution in [2.75, 3.05) is 0 Å². The summed E-state index contributed by atoms with van der Waals surface area (Å²) in [6.07, 6.45) is 0.768. The van der Waals surface area contributed by atoms with Crippen LogP contribution in [0.1, 0.15) is 10.4 Å². The molecule has 0 saturated heterocycles. The van der Waals surface area contributed by atoms with Crippen molar-refractivity contribution in [2.45, 2.75) is 0 Å². The van der Waals surface area contributed by atoms with Crippen molar-refractivity contribution < 1.29 is 31.9 Å². The third kappa shape index (κ3) is 2.01. The van der Waals surface area contributed by atoms with E-state index >= 15 is 0 Å². The van der Waals surface area contributed by atoms with Crippen molar-refractivity contribution >= 4 is 18.2 Å². The smallest absolute Gasteiger partial charge is 0.339 e. The molecule has 4 nitrogen and oxygen atoms in total. The van der Waals surface area contributed by atoms with Gasteiger partial charge in [0.15, 0.2) is 23.3 Å². The summed E-state index contributed by atoms with van der Waals surface area (Å²) in [6.45, 7) is 0. The van der Waals surface area contributed by atoms with Crippen molar-refractivity contribution in [1.82, 2.24) is 4.98 Å². The van der Waals surface area contributed by atoms with E-state index in [1.54, 1.807) is 0 Å². The van der Waals surface area contributed by atoms with Crippen LogP contribution in [0.5, 0.6) is 0 Å². The number of oxazole rings is 1. The van der Waals surface area contributed by atoms with Crippen LogP contribution in [-0.2, 0) is 0 Å². The van der Waals surface area contributed by atoms with Crippen LogP contribution in [0.3, 0.4) is 0 Å². The lowest BCUT2D eigenvalue weighted by molar-refractivity contribution is 0.0690. The Balaban J connectivity index is 2.93. The topological polar surface area (TPSA) is 66.2 Å². The fourth-order valence-electron chi connectivity index (χ4n) is 1.49. The van der Waals surface area contributed by atoms with E-state index in [1.807, 2.05) is 0 Å². The van der Waals surface area contributed by atoms with Crippen molar-refractivity contribution in [1.29, 1.82) is 0 Å². The summed E-state index contributed by atoms with van der Waals surface area (Å²) in [4.78, 5) is 12.8. The second kappa shape index (κ2) is 4.50. The lowest BCUT2D eigenvalue weighted by Gasteiger charge is -2.08.